The number of para-hydroxylation sites is 1. The van der Waals surface area contributed by atoms with E-state index in [1.54, 1.807) is 0 Å². The molecule has 2 aromatic rings. The second kappa shape index (κ2) is 6.42. The van der Waals surface area contributed by atoms with Gasteiger partial charge < -0.3 is 14.8 Å². The highest BCUT2D eigenvalue weighted by atomic mass is 16.2. The van der Waals surface area contributed by atoms with Gasteiger partial charge in [0.15, 0.2) is 0 Å². The van der Waals surface area contributed by atoms with E-state index in [9.17, 15) is 4.79 Å². The van der Waals surface area contributed by atoms with Crippen LogP contribution in [0.25, 0.3) is 10.9 Å². The topological polar surface area (TPSA) is 37.3 Å². The Kier molecular flexibility index (Phi) is 4.36. The largest absolute Gasteiger partial charge is 0.346 e. The maximum atomic E-state index is 12.6. The molecule has 0 saturated heterocycles. The smallest absolute Gasteiger partial charge is 0.321 e. The van der Waals surface area contributed by atoms with Crippen LogP contribution in [0.2, 0.25) is 0 Å². The predicted octanol–water partition coefficient (Wildman–Crippen LogP) is 4.46. The highest BCUT2D eigenvalue weighted by Crippen LogP contribution is 2.27. The molecule has 0 radical (unpaired) electrons. The molecule has 22 heavy (non-hydrogen) atoms. The summed E-state index contributed by atoms with van der Waals surface area (Å²) in [7, 11) is 1.92. The van der Waals surface area contributed by atoms with Crippen molar-refractivity contribution < 1.29 is 4.79 Å². The molecule has 1 aliphatic rings. The molecule has 0 bridgehead atoms. The molecular weight excluding hydrogens is 274 g/mol. The summed E-state index contributed by atoms with van der Waals surface area (Å²) in [5.74, 6) is 0. The fourth-order valence-corrected chi connectivity index (χ4v) is 3.45. The molecule has 1 aliphatic carbocycles. The summed E-state index contributed by atoms with van der Waals surface area (Å²) in [6.07, 6.45) is 8.06. The van der Waals surface area contributed by atoms with Crippen LogP contribution in [0.5, 0.6) is 0 Å². The number of aromatic nitrogens is 1. The molecule has 1 fully saturated rings. The van der Waals surface area contributed by atoms with Crippen molar-refractivity contribution in [2.24, 2.45) is 0 Å². The number of aryl methyl sites for hydroxylation is 1. The Morgan fingerprint density at radius 1 is 1.27 bits per heavy atom. The zero-order valence-electron chi connectivity index (χ0n) is 13.5. The normalized spacial score (nSPS) is 15.9. The monoisotopic (exact) mass is 299 g/mol. The van der Waals surface area contributed by atoms with E-state index in [-0.39, 0.29) is 6.03 Å². The van der Waals surface area contributed by atoms with Crippen molar-refractivity contribution in [2.45, 2.75) is 51.6 Å². The number of fused-ring (bicyclic) bond motifs is 1. The van der Waals surface area contributed by atoms with Gasteiger partial charge in [-0.25, -0.2) is 4.79 Å². The Morgan fingerprint density at radius 2 is 2.00 bits per heavy atom. The van der Waals surface area contributed by atoms with Crippen LogP contribution < -0.4 is 5.32 Å². The number of benzene rings is 1. The van der Waals surface area contributed by atoms with E-state index >= 15 is 0 Å². The molecule has 4 nitrogen and oxygen atoms in total. The highest BCUT2D eigenvalue weighted by Gasteiger charge is 2.22. The number of nitrogens with one attached hydrogen (secondary N) is 1. The molecule has 4 heteroatoms. The second-order valence-corrected chi connectivity index (χ2v) is 6.18. The molecule has 0 unspecified atom stereocenters. The summed E-state index contributed by atoms with van der Waals surface area (Å²) < 4.78 is 2.17. The van der Waals surface area contributed by atoms with Crippen LogP contribution in [0.15, 0.2) is 30.5 Å². The molecule has 118 valence electrons. The third-order valence-corrected chi connectivity index (χ3v) is 4.81. The Balaban J connectivity index is 1.79. The van der Waals surface area contributed by atoms with Gasteiger partial charge in [0, 0.05) is 31.2 Å². The molecule has 1 heterocycles. The van der Waals surface area contributed by atoms with Crippen LogP contribution in [-0.4, -0.2) is 28.6 Å². The number of urea groups is 1. The van der Waals surface area contributed by atoms with Gasteiger partial charge in [-0.05, 0) is 25.8 Å². The van der Waals surface area contributed by atoms with Crippen LogP contribution in [0.1, 0.15) is 39.0 Å². The lowest BCUT2D eigenvalue weighted by Gasteiger charge is -2.31. The van der Waals surface area contributed by atoms with Gasteiger partial charge >= 0.3 is 6.03 Å². The lowest BCUT2D eigenvalue weighted by molar-refractivity contribution is 0.186. The first-order chi connectivity index (χ1) is 10.7. The summed E-state index contributed by atoms with van der Waals surface area (Å²) in [6, 6.07) is 8.60. The first-order valence-electron chi connectivity index (χ1n) is 8.32. The van der Waals surface area contributed by atoms with Crippen LogP contribution in [-0.2, 0) is 6.54 Å². The minimum absolute atomic E-state index is 0.00547. The number of rotatable bonds is 3. The molecule has 0 aliphatic heterocycles. The lowest BCUT2D eigenvalue weighted by atomic mass is 9.95. The number of nitrogens with zero attached hydrogens (tertiary/aromatic N) is 2. The minimum atomic E-state index is 0.00547. The Morgan fingerprint density at radius 3 is 2.73 bits per heavy atom. The molecule has 0 spiro atoms. The van der Waals surface area contributed by atoms with Crippen molar-refractivity contribution in [2.75, 3.05) is 12.4 Å². The number of hydrogen-bond acceptors (Lipinski definition) is 1. The maximum Gasteiger partial charge on any atom is 0.321 e. The van der Waals surface area contributed by atoms with E-state index in [1.807, 2.05) is 30.3 Å². The van der Waals surface area contributed by atoms with Crippen LogP contribution in [0.3, 0.4) is 0 Å². The van der Waals surface area contributed by atoms with Gasteiger partial charge in [0.25, 0.3) is 0 Å². The number of hydrogen-bond donors (Lipinski definition) is 1. The first-order valence-corrected chi connectivity index (χ1v) is 8.32. The molecule has 1 aromatic carbocycles. The quantitative estimate of drug-likeness (QED) is 0.892. The molecule has 1 saturated carbocycles. The fourth-order valence-electron chi connectivity index (χ4n) is 3.45. The number of amides is 2. The van der Waals surface area contributed by atoms with Crippen LogP contribution in [0.4, 0.5) is 10.5 Å². The second-order valence-electron chi connectivity index (χ2n) is 6.18. The van der Waals surface area contributed by atoms with E-state index in [1.165, 1.54) is 24.8 Å². The van der Waals surface area contributed by atoms with Gasteiger partial charge in [-0.2, -0.15) is 0 Å². The van der Waals surface area contributed by atoms with Crippen LogP contribution in [0, 0.1) is 0 Å². The van der Waals surface area contributed by atoms with Gasteiger partial charge in [-0.1, -0.05) is 37.5 Å². The zero-order chi connectivity index (χ0) is 15.5. The average molecular weight is 299 g/mol. The van der Waals surface area contributed by atoms with E-state index in [0.29, 0.717) is 6.04 Å². The van der Waals surface area contributed by atoms with Crippen molar-refractivity contribution in [3.63, 3.8) is 0 Å². The SMILES string of the molecule is CCn1cc(NC(=O)N(C)C2CCCCC2)c2ccccc21. The van der Waals surface area contributed by atoms with Gasteiger partial charge in [0.05, 0.1) is 11.2 Å². The van der Waals surface area contributed by atoms with Gasteiger partial charge in [0.2, 0.25) is 0 Å². The van der Waals surface area contributed by atoms with E-state index in [0.717, 1.165) is 30.5 Å². The number of carbonyl (C=O) groups is 1. The van der Waals surface area contributed by atoms with Crippen LogP contribution >= 0.6 is 0 Å². The highest BCUT2D eigenvalue weighted by molar-refractivity contribution is 6.01. The average Bonchev–Trinajstić information content (AvgIpc) is 2.93. The van der Waals surface area contributed by atoms with Crippen molar-refractivity contribution in [1.29, 1.82) is 0 Å². The lowest BCUT2D eigenvalue weighted by Crippen LogP contribution is -2.40. The zero-order valence-corrected chi connectivity index (χ0v) is 13.5. The first kappa shape index (κ1) is 14.9. The van der Waals surface area contributed by atoms with Gasteiger partial charge in [-0.15, -0.1) is 0 Å². The van der Waals surface area contributed by atoms with E-state index in [4.69, 9.17) is 0 Å². The molecule has 1 N–H and O–H groups in total. The summed E-state index contributed by atoms with van der Waals surface area (Å²) in [6.45, 7) is 3.01. The summed E-state index contributed by atoms with van der Waals surface area (Å²) in [5.41, 5.74) is 2.07. The summed E-state index contributed by atoms with van der Waals surface area (Å²) in [4.78, 5) is 14.4. The Hall–Kier alpha value is -1.97. The molecule has 2 amide bonds. The summed E-state index contributed by atoms with van der Waals surface area (Å²) in [5, 5.41) is 4.21. The third kappa shape index (κ3) is 2.82. The van der Waals surface area contributed by atoms with Crippen molar-refractivity contribution >= 4 is 22.6 Å². The molecule has 3 rings (SSSR count). The number of carbonyl (C=O) groups excluding carboxylic acids is 1. The molecule has 1 aromatic heterocycles. The predicted molar refractivity (Wildman–Crippen MR) is 91.3 cm³/mol. The van der Waals surface area contributed by atoms with E-state index in [2.05, 4.69) is 28.9 Å². The minimum Gasteiger partial charge on any atom is -0.346 e. The fraction of sp³-hybridized carbons (Fsp3) is 0.500. The van der Waals surface area contributed by atoms with Crippen molar-refractivity contribution in [3.05, 3.63) is 30.5 Å². The maximum absolute atomic E-state index is 12.6. The Bertz CT molecular complexity index is 655. The Labute approximate surface area is 132 Å². The van der Waals surface area contributed by atoms with Crippen molar-refractivity contribution in [3.8, 4) is 0 Å². The van der Waals surface area contributed by atoms with E-state index < -0.39 is 0 Å². The summed E-state index contributed by atoms with van der Waals surface area (Å²) >= 11 is 0. The van der Waals surface area contributed by atoms with Crippen molar-refractivity contribution in [1.82, 2.24) is 9.47 Å². The number of anilines is 1. The molecular formula is C18H25N3O. The standard InChI is InChI=1S/C18H25N3O/c1-3-21-13-16(15-11-7-8-12-17(15)21)19-18(22)20(2)14-9-5-4-6-10-14/h7-8,11-14H,3-6,9-10H2,1-2H3,(H,19,22). The molecule has 0 atom stereocenters. The van der Waals surface area contributed by atoms with Gasteiger partial charge in [0.1, 0.15) is 0 Å². The van der Waals surface area contributed by atoms with Gasteiger partial charge in [-0.3, -0.25) is 0 Å². The third-order valence-electron chi connectivity index (χ3n) is 4.81.